The van der Waals surface area contributed by atoms with Crippen LogP contribution in [0.2, 0.25) is 0 Å². The molecule has 186 valence electrons. The molecule has 0 spiro atoms. The maximum Gasteiger partial charge on any atom is 0.317 e. The van der Waals surface area contributed by atoms with Crippen LogP contribution in [0, 0.1) is 19.3 Å². The van der Waals surface area contributed by atoms with Gasteiger partial charge in [0.25, 0.3) is 0 Å². The van der Waals surface area contributed by atoms with Gasteiger partial charge in [0.15, 0.2) is 0 Å². The summed E-state index contributed by atoms with van der Waals surface area (Å²) < 4.78 is 11.9. The minimum atomic E-state index is -0.471. The SMILES string of the molecule is CCC(C)(CC)C(=O)Oc1ccc(C(C)(c2ccccc2)c2ccc(OC(C)C)c(C)c2)cc1C. The second-order valence-corrected chi connectivity index (χ2v) is 10.3. The molecule has 0 saturated carbocycles. The van der Waals surface area contributed by atoms with E-state index in [0.717, 1.165) is 35.3 Å². The molecule has 0 N–H and O–H groups in total. The molecule has 0 radical (unpaired) electrons. The summed E-state index contributed by atoms with van der Waals surface area (Å²) in [6.07, 6.45) is 1.63. The highest BCUT2D eigenvalue weighted by Crippen LogP contribution is 2.42. The highest BCUT2D eigenvalue weighted by Gasteiger charge is 2.34. The topological polar surface area (TPSA) is 35.5 Å². The number of hydrogen-bond donors (Lipinski definition) is 0. The van der Waals surface area contributed by atoms with E-state index in [2.05, 4.69) is 68.4 Å². The molecule has 0 aliphatic heterocycles. The number of esters is 1. The van der Waals surface area contributed by atoms with E-state index in [1.807, 2.05) is 53.7 Å². The molecule has 0 saturated heterocycles. The Kier molecular flexibility index (Phi) is 8.10. The number of hydrogen-bond acceptors (Lipinski definition) is 3. The monoisotopic (exact) mass is 472 g/mol. The van der Waals surface area contributed by atoms with Crippen LogP contribution < -0.4 is 9.47 Å². The summed E-state index contributed by atoms with van der Waals surface area (Å²) in [4.78, 5) is 12.9. The van der Waals surface area contributed by atoms with Gasteiger partial charge in [0.05, 0.1) is 11.5 Å². The van der Waals surface area contributed by atoms with Gasteiger partial charge in [0.1, 0.15) is 11.5 Å². The third kappa shape index (κ3) is 5.45. The number of carbonyl (C=O) groups excluding carboxylic acids is 1. The molecule has 0 bridgehead atoms. The number of carbonyl (C=O) groups is 1. The quantitative estimate of drug-likeness (QED) is 0.179. The molecule has 0 aromatic heterocycles. The first kappa shape index (κ1) is 26.5. The molecule has 3 aromatic rings. The summed E-state index contributed by atoms with van der Waals surface area (Å²) in [5, 5.41) is 0. The van der Waals surface area contributed by atoms with Gasteiger partial charge in [-0.25, -0.2) is 0 Å². The minimum Gasteiger partial charge on any atom is -0.491 e. The van der Waals surface area contributed by atoms with Crippen LogP contribution in [0.25, 0.3) is 0 Å². The Morgan fingerprint density at radius 3 is 1.74 bits per heavy atom. The fraction of sp³-hybridized carbons (Fsp3) is 0.406. The molecule has 1 unspecified atom stereocenters. The van der Waals surface area contributed by atoms with Crippen LogP contribution >= 0.6 is 0 Å². The molecule has 0 heterocycles. The Morgan fingerprint density at radius 2 is 1.29 bits per heavy atom. The normalized spacial score (nSPS) is 13.4. The van der Waals surface area contributed by atoms with Crippen molar-refractivity contribution < 1.29 is 14.3 Å². The Hall–Kier alpha value is -3.07. The van der Waals surface area contributed by atoms with Gasteiger partial charge in [-0.1, -0.05) is 68.4 Å². The van der Waals surface area contributed by atoms with E-state index in [1.165, 1.54) is 11.1 Å². The standard InChI is InChI=1S/C32H40O3/c1-9-31(7,10-2)30(33)35-29-19-17-27(21-24(29)6)32(8,25-14-12-11-13-15-25)26-16-18-28(23(5)20-26)34-22(3)4/h11-22H,9-10H2,1-8H3. The van der Waals surface area contributed by atoms with E-state index < -0.39 is 10.8 Å². The van der Waals surface area contributed by atoms with E-state index in [-0.39, 0.29) is 12.1 Å². The van der Waals surface area contributed by atoms with E-state index in [0.29, 0.717) is 5.75 Å². The van der Waals surface area contributed by atoms with Crippen LogP contribution in [0.15, 0.2) is 66.7 Å². The summed E-state index contributed by atoms with van der Waals surface area (Å²) in [6, 6.07) is 23.2. The Bertz CT molecular complexity index is 1160. The lowest BCUT2D eigenvalue weighted by atomic mass is 9.70. The van der Waals surface area contributed by atoms with Crippen molar-refractivity contribution in [2.45, 2.75) is 79.8 Å². The molecule has 1 atom stereocenters. The predicted molar refractivity (Wildman–Crippen MR) is 144 cm³/mol. The van der Waals surface area contributed by atoms with Gasteiger partial charge in [-0.2, -0.15) is 0 Å². The van der Waals surface area contributed by atoms with Gasteiger partial charge in [-0.15, -0.1) is 0 Å². The average Bonchev–Trinajstić information content (AvgIpc) is 2.85. The van der Waals surface area contributed by atoms with E-state index in [1.54, 1.807) is 0 Å². The zero-order valence-corrected chi connectivity index (χ0v) is 22.6. The molecule has 3 aromatic carbocycles. The van der Waals surface area contributed by atoms with Crippen LogP contribution in [0.3, 0.4) is 0 Å². The molecule has 0 fully saturated rings. The summed E-state index contributed by atoms with van der Waals surface area (Å²) >= 11 is 0. The smallest absolute Gasteiger partial charge is 0.317 e. The molecule has 0 amide bonds. The molecular weight excluding hydrogens is 432 g/mol. The fourth-order valence-corrected chi connectivity index (χ4v) is 4.45. The lowest BCUT2D eigenvalue weighted by molar-refractivity contribution is -0.145. The molecule has 3 rings (SSSR count). The summed E-state index contributed by atoms with van der Waals surface area (Å²) in [5.74, 6) is 1.37. The van der Waals surface area contributed by atoms with Crippen LogP contribution in [0.4, 0.5) is 0 Å². The fourth-order valence-electron chi connectivity index (χ4n) is 4.45. The first-order valence-electron chi connectivity index (χ1n) is 12.7. The number of aryl methyl sites for hydroxylation is 2. The van der Waals surface area contributed by atoms with Gasteiger partial charge in [0.2, 0.25) is 0 Å². The van der Waals surface area contributed by atoms with Crippen molar-refractivity contribution in [2.24, 2.45) is 5.41 Å². The molecule has 3 heteroatoms. The lowest BCUT2D eigenvalue weighted by Gasteiger charge is -2.33. The maximum atomic E-state index is 12.9. The highest BCUT2D eigenvalue weighted by molar-refractivity contribution is 5.79. The summed E-state index contributed by atoms with van der Waals surface area (Å²) in [5.41, 5.74) is 4.73. The van der Waals surface area contributed by atoms with Gasteiger partial charge in [0, 0.05) is 5.41 Å². The highest BCUT2D eigenvalue weighted by atomic mass is 16.5. The minimum absolute atomic E-state index is 0.125. The van der Waals surface area contributed by atoms with Gasteiger partial charge in [-0.05, 0) is 94.3 Å². The number of benzene rings is 3. The Balaban J connectivity index is 2.07. The molecule has 3 nitrogen and oxygen atoms in total. The zero-order chi connectivity index (χ0) is 25.8. The Labute approximate surface area is 211 Å². The average molecular weight is 473 g/mol. The zero-order valence-electron chi connectivity index (χ0n) is 22.6. The molecule has 0 aliphatic rings. The van der Waals surface area contributed by atoms with Crippen LogP contribution in [-0.2, 0) is 10.2 Å². The third-order valence-electron chi connectivity index (χ3n) is 7.47. The van der Waals surface area contributed by atoms with E-state index >= 15 is 0 Å². The van der Waals surface area contributed by atoms with Crippen LogP contribution in [-0.4, -0.2) is 12.1 Å². The maximum absolute atomic E-state index is 12.9. The first-order chi connectivity index (χ1) is 16.5. The lowest BCUT2D eigenvalue weighted by Crippen LogP contribution is -2.31. The summed E-state index contributed by atoms with van der Waals surface area (Å²) in [6.45, 7) is 16.5. The van der Waals surface area contributed by atoms with Gasteiger partial charge < -0.3 is 9.47 Å². The second kappa shape index (κ2) is 10.7. The molecular formula is C32H40O3. The number of ether oxygens (including phenoxy) is 2. The summed E-state index contributed by atoms with van der Waals surface area (Å²) in [7, 11) is 0. The van der Waals surface area contributed by atoms with Crippen molar-refractivity contribution >= 4 is 5.97 Å². The first-order valence-corrected chi connectivity index (χ1v) is 12.7. The Morgan fingerprint density at radius 1 is 0.771 bits per heavy atom. The second-order valence-electron chi connectivity index (χ2n) is 10.3. The van der Waals surface area contributed by atoms with Gasteiger partial charge in [-0.3, -0.25) is 4.79 Å². The van der Waals surface area contributed by atoms with E-state index in [4.69, 9.17) is 9.47 Å². The van der Waals surface area contributed by atoms with Crippen molar-refractivity contribution in [2.75, 3.05) is 0 Å². The molecule has 0 aliphatic carbocycles. The molecule has 35 heavy (non-hydrogen) atoms. The largest absolute Gasteiger partial charge is 0.491 e. The predicted octanol–water partition coefficient (Wildman–Crippen LogP) is 8.18. The van der Waals surface area contributed by atoms with Crippen molar-refractivity contribution in [3.63, 3.8) is 0 Å². The van der Waals surface area contributed by atoms with Crippen molar-refractivity contribution in [3.8, 4) is 11.5 Å². The van der Waals surface area contributed by atoms with E-state index in [9.17, 15) is 4.79 Å². The number of rotatable bonds is 9. The van der Waals surface area contributed by atoms with Crippen LogP contribution in [0.1, 0.15) is 82.2 Å². The van der Waals surface area contributed by atoms with Crippen molar-refractivity contribution in [1.29, 1.82) is 0 Å². The van der Waals surface area contributed by atoms with Crippen LogP contribution in [0.5, 0.6) is 11.5 Å². The third-order valence-corrected chi connectivity index (χ3v) is 7.47. The van der Waals surface area contributed by atoms with Crippen molar-refractivity contribution in [3.05, 3.63) is 94.5 Å². The van der Waals surface area contributed by atoms with Gasteiger partial charge >= 0.3 is 5.97 Å². The van der Waals surface area contributed by atoms with Crippen molar-refractivity contribution in [1.82, 2.24) is 0 Å².